The first-order valence-electron chi connectivity index (χ1n) is 6.55. The maximum atomic E-state index is 12.4. The number of nitrogens with two attached hydrogens (primary N) is 1. The molecular weight excluding hydrogens is 244 g/mol. The highest BCUT2D eigenvalue weighted by molar-refractivity contribution is 5.95. The van der Waals surface area contributed by atoms with Crippen LogP contribution in [0.15, 0.2) is 18.2 Å². The largest absolute Gasteiger partial charge is 0.506 e. The van der Waals surface area contributed by atoms with E-state index in [1.807, 2.05) is 13.8 Å². The average Bonchev–Trinajstić information content (AvgIpc) is 2.41. The number of nitrogen functional groups attached to an aromatic ring is 1. The van der Waals surface area contributed by atoms with Crippen LogP contribution in [0.25, 0.3) is 0 Å². The van der Waals surface area contributed by atoms with Crippen molar-refractivity contribution in [3.05, 3.63) is 23.8 Å². The minimum absolute atomic E-state index is 0.0802. The molecule has 1 aromatic rings. The Balaban J connectivity index is 3.01. The van der Waals surface area contributed by atoms with Crippen LogP contribution in [-0.4, -0.2) is 40.2 Å². The van der Waals surface area contributed by atoms with Crippen LogP contribution in [0.4, 0.5) is 5.69 Å². The van der Waals surface area contributed by atoms with Crippen LogP contribution in [0.5, 0.6) is 5.75 Å². The number of aromatic hydroxyl groups is 1. The number of amides is 1. The first kappa shape index (κ1) is 15.3. The van der Waals surface area contributed by atoms with Crippen molar-refractivity contribution in [2.45, 2.75) is 32.7 Å². The van der Waals surface area contributed by atoms with Gasteiger partial charge >= 0.3 is 0 Å². The average molecular weight is 266 g/mol. The Bertz CT molecular complexity index is 431. The Labute approximate surface area is 113 Å². The van der Waals surface area contributed by atoms with Gasteiger partial charge < -0.3 is 20.8 Å². The van der Waals surface area contributed by atoms with E-state index in [1.165, 1.54) is 12.1 Å². The van der Waals surface area contributed by atoms with Gasteiger partial charge in [-0.05, 0) is 31.0 Å². The second kappa shape index (κ2) is 6.99. The minimum atomic E-state index is -0.196. The van der Waals surface area contributed by atoms with Gasteiger partial charge in [0.05, 0.1) is 12.3 Å². The van der Waals surface area contributed by atoms with E-state index in [4.69, 9.17) is 10.8 Å². The van der Waals surface area contributed by atoms with Gasteiger partial charge in [0.15, 0.2) is 0 Å². The zero-order valence-corrected chi connectivity index (χ0v) is 11.5. The number of anilines is 1. The van der Waals surface area contributed by atoms with E-state index in [-0.39, 0.29) is 36.5 Å². The van der Waals surface area contributed by atoms with Crippen molar-refractivity contribution >= 4 is 11.6 Å². The summed E-state index contributed by atoms with van der Waals surface area (Å²) in [6, 6.07) is 4.54. The normalized spacial score (nSPS) is 10.7. The molecule has 0 aliphatic rings. The highest BCUT2D eigenvalue weighted by Gasteiger charge is 2.22. The molecule has 1 aromatic carbocycles. The third-order valence-electron chi connectivity index (χ3n) is 3.26. The van der Waals surface area contributed by atoms with Gasteiger partial charge in [-0.2, -0.15) is 0 Å². The molecule has 0 spiro atoms. The zero-order valence-electron chi connectivity index (χ0n) is 11.5. The van der Waals surface area contributed by atoms with E-state index in [0.29, 0.717) is 5.56 Å². The van der Waals surface area contributed by atoms with Crippen molar-refractivity contribution in [1.29, 1.82) is 0 Å². The fraction of sp³-hybridized carbons (Fsp3) is 0.500. The molecule has 19 heavy (non-hydrogen) atoms. The maximum Gasteiger partial charge on any atom is 0.254 e. The number of aliphatic hydroxyl groups excluding tert-OH is 1. The van der Waals surface area contributed by atoms with Crippen molar-refractivity contribution in [3.63, 3.8) is 0 Å². The summed E-state index contributed by atoms with van der Waals surface area (Å²) in [4.78, 5) is 14.1. The molecule has 0 saturated heterocycles. The number of carbonyl (C=O) groups is 1. The molecule has 0 unspecified atom stereocenters. The van der Waals surface area contributed by atoms with Gasteiger partial charge in [0.1, 0.15) is 5.75 Å². The van der Waals surface area contributed by atoms with Crippen LogP contribution >= 0.6 is 0 Å². The van der Waals surface area contributed by atoms with Gasteiger partial charge in [-0.1, -0.05) is 13.8 Å². The summed E-state index contributed by atoms with van der Waals surface area (Å²) in [6.07, 6.45) is 1.65. The van der Waals surface area contributed by atoms with E-state index in [2.05, 4.69) is 0 Å². The third-order valence-corrected chi connectivity index (χ3v) is 3.26. The maximum absolute atomic E-state index is 12.4. The second-order valence-corrected chi connectivity index (χ2v) is 4.47. The molecule has 0 atom stereocenters. The minimum Gasteiger partial charge on any atom is -0.506 e. The van der Waals surface area contributed by atoms with E-state index >= 15 is 0 Å². The molecule has 0 aliphatic heterocycles. The van der Waals surface area contributed by atoms with E-state index in [1.54, 1.807) is 11.0 Å². The monoisotopic (exact) mass is 266 g/mol. The van der Waals surface area contributed by atoms with Crippen molar-refractivity contribution in [2.24, 2.45) is 0 Å². The standard InChI is InChI=1S/C14H22N2O3/c1-3-11(4-2)16(7-8-17)14(19)10-5-6-12(15)13(18)9-10/h5-6,9,11,17-18H,3-4,7-8,15H2,1-2H3. The van der Waals surface area contributed by atoms with Gasteiger partial charge in [-0.3, -0.25) is 4.79 Å². The van der Waals surface area contributed by atoms with Crippen molar-refractivity contribution in [3.8, 4) is 5.75 Å². The van der Waals surface area contributed by atoms with Crippen LogP contribution < -0.4 is 5.73 Å². The van der Waals surface area contributed by atoms with Crippen molar-refractivity contribution < 1.29 is 15.0 Å². The summed E-state index contributed by atoms with van der Waals surface area (Å²) in [7, 11) is 0. The number of aliphatic hydroxyl groups is 1. The molecule has 0 bridgehead atoms. The Morgan fingerprint density at radius 1 is 1.37 bits per heavy atom. The van der Waals surface area contributed by atoms with E-state index in [0.717, 1.165) is 12.8 Å². The van der Waals surface area contributed by atoms with Crippen molar-refractivity contribution in [1.82, 2.24) is 4.90 Å². The molecule has 4 N–H and O–H groups in total. The lowest BCUT2D eigenvalue weighted by Gasteiger charge is -2.30. The lowest BCUT2D eigenvalue weighted by molar-refractivity contribution is 0.0622. The van der Waals surface area contributed by atoms with Crippen LogP contribution in [0.2, 0.25) is 0 Å². The summed E-state index contributed by atoms with van der Waals surface area (Å²) in [5, 5.41) is 18.7. The first-order valence-corrected chi connectivity index (χ1v) is 6.55. The molecule has 0 heterocycles. The van der Waals surface area contributed by atoms with Crippen LogP contribution in [0, 0.1) is 0 Å². The van der Waals surface area contributed by atoms with Crippen molar-refractivity contribution in [2.75, 3.05) is 18.9 Å². The second-order valence-electron chi connectivity index (χ2n) is 4.47. The zero-order chi connectivity index (χ0) is 14.4. The molecule has 0 saturated carbocycles. The molecule has 5 heteroatoms. The summed E-state index contributed by atoms with van der Waals surface area (Å²) < 4.78 is 0. The van der Waals surface area contributed by atoms with E-state index < -0.39 is 0 Å². The number of phenols is 1. The lowest BCUT2D eigenvalue weighted by atomic mass is 10.1. The van der Waals surface area contributed by atoms with Crippen LogP contribution in [0.3, 0.4) is 0 Å². The first-order chi connectivity index (χ1) is 9.04. The predicted molar refractivity (Wildman–Crippen MR) is 75.0 cm³/mol. The quantitative estimate of drug-likeness (QED) is 0.539. The molecular formula is C14H22N2O3. The number of rotatable bonds is 6. The Morgan fingerprint density at radius 3 is 2.47 bits per heavy atom. The molecule has 0 radical (unpaired) electrons. The summed E-state index contributed by atoms with van der Waals surface area (Å²) >= 11 is 0. The molecule has 0 fully saturated rings. The Kier molecular flexibility index (Phi) is 5.63. The van der Waals surface area contributed by atoms with Crippen LogP contribution in [-0.2, 0) is 0 Å². The summed E-state index contributed by atoms with van der Waals surface area (Å²) in [5.41, 5.74) is 6.15. The molecule has 106 valence electrons. The van der Waals surface area contributed by atoms with Crippen LogP contribution in [0.1, 0.15) is 37.0 Å². The predicted octanol–water partition coefficient (Wildman–Crippen LogP) is 1.60. The SMILES string of the molecule is CCC(CC)N(CCO)C(=O)c1ccc(N)c(O)c1. The number of phenolic OH excluding ortho intramolecular Hbond substituents is 1. The van der Waals surface area contributed by atoms with Gasteiger partial charge in [0.25, 0.3) is 5.91 Å². The van der Waals surface area contributed by atoms with Gasteiger partial charge in [-0.25, -0.2) is 0 Å². The van der Waals surface area contributed by atoms with Gasteiger partial charge in [-0.15, -0.1) is 0 Å². The Hall–Kier alpha value is -1.75. The molecule has 5 nitrogen and oxygen atoms in total. The highest BCUT2D eigenvalue weighted by Crippen LogP contribution is 2.22. The number of hydrogen-bond donors (Lipinski definition) is 3. The molecule has 0 aliphatic carbocycles. The molecule has 1 amide bonds. The Morgan fingerprint density at radius 2 is 2.00 bits per heavy atom. The summed E-state index contributed by atoms with van der Waals surface area (Å²) in [6.45, 7) is 4.22. The molecule has 1 rings (SSSR count). The number of hydrogen-bond acceptors (Lipinski definition) is 4. The topological polar surface area (TPSA) is 86.8 Å². The van der Waals surface area contributed by atoms with Gasteiger partial charge in [0.2, 0.25) is 0 Å². The fourth-order valence-corrected chi connectivity index (χ4v) is 2.13. The third kappa shape index (κ3) is 3.61. The smallest absolute Gasteiger partial charge is 0.254 e. The lowest BCUT2D eigenvalue weighted by Crippen LogP contribution is -2.41. The number of carbonyl (C=O) groups excluding carboxylic acids is 1. The molecule has 0 aromatic heterocycles. The fourth-order valence-electron chi connectivity index (χ4n) is 2.13. The number of benzene rings is 1. The van der Waals surface area contributed by atoms with Gasteiger partial charge in [0, 0.05) is 18.2 Å². The highest BCUT2D eigenvalue weighted by atomic mass is 16.3. The number of nitrogens with zero attached hydrogens (tertiary/aromatic N) is 1. The van der Waals surface area contributed by atoms with E-state index in [9.17, 15) is 9.90 Å². The summed E-state index contributed by atoms with van der Waals surface area (Å²) in [5.74, 6) is -0.294.